The quantitative estimate of drug-likeness (QED) is 0.836. The minimum atomic E-state index is -0.145. The summed E-state index contributed by atoms with van der Waals surface area (Å²) in [5.41, 5.74) is 4.56. The molecule has 0 radical (unpaired) electrons. The Hall–Kier alpha value is -2.82. The molecule has 0 unspecified atom stereocenters. The minimum absolute atomic E-state index is 0.132. The van der Waals surface area contributed by atoms with Gasteiger partial charge in [0.1, 0.15) is 5.75 Å². The lowest BCUT2D eigenvalue weighted by Gasteiger charge is -2.13. The third-order valence-electron chi connectivity index (χ3n) is 3.99. The van der Waals surface area contributed by atoms with Crippen molar-refractivity contribution in [2.24, 2.45) is 0 Å². The zero-order valence-electron chi connectivity index (χ0n) is 15.1. The standard InChI is InChI=1S/C20H24N2O3/c1-13-8-9-17(12-14(13)2)25-11-10-20(24)22-19-7-5-6-18(15(19)3)21-16(4)23/h5-9,12H,10-11H2,1-4H3,(H,21,23)(H,22,24). The fourth-order valence-electron chi connectivity index (χ4n) is 2.37. The summed E-state index contributed by atoms with van der Waals surface area (Å²) in [6, 6.07) is 11.3. The van der Waals surface area contributed by atoms with Gasteiger partial charge in [-0.2, -0.15) is 0 Å². The number of amides is 2. The van der Waals surface area contributed by atoms with E-state index in [1.165, 1.54) is 12.5 Å². The molecule has 0 saturated heterocycles. The van der Waals surface area contributed by atoms with E-state index in [9.17, 15) is 9.59 Å². The molecule has 0 saturated carbocycles. The summed E-state index contributed by atoms with van der Waals surface area (Å²) in [5.74, 6) is 0.486. The zero-order valence-corrected chi connectivity index (χ0v) is 15.1. The zero-order chi connectivity index (χ0) is 18.4. The number of benzene rings is 2. The van der Waals surface area contributed by atoms with Crippen molar-refractivity contribution in [3.8, 4) is 5.75 Å². The Kier molecular flexibility index (Phi) is 6.17. The maximum atomic E-state index is 12.1. The second kappa shape index (κ2) is 8.33. The van der Waals surface area contributed by atoms with Crippen molar-refractivity contribution in [1.29, 1.82) is 0 Å². The molecule has 0 aromatic heterocycles. The number of ether oxygens (including phenoxy) is 1. The molecule has 5 heteroatoms. The molecule has 0 bridgehead atoms. The Balaban J connectivity index is 1.90. The lowest BCUT2D eigenvalue weighted by Crippen LogP contribution is -2.16. The summed E-state index contributed by atoms with van der Waals surface area (Å²) in [7, 11) is 0. The van der Waals surface area contributed by atoms with Gasteiger partial charge in [-0.05, 0) is 61.7 Å². The van der Waals surface area contributed by atoms with Crippen molar-refractivity contribution in [2.45, 2.75) is 34.1 Å². The molecule has 0 aliphatic carbocycles. The van der Waals surface area contributed by atoms with Crippen LogP contribution < -0.4 is 15.4 Å². The highest BCUT2D eigenvalue weighted by Crippen LogP contribution is 2.23. The van der Waals surface area contributed by atoms with Crippen molar-refractivity contribution in [2.75, 3.05) is 17.2 Å². The number of anilines is 2. The maximum absolute atomic E-state index is 12.1. The van der Waals surface area contributed by atoms with Crippen molar-refractivity contribution in [3.63, 3.8) is 0 Å². The average Bonchev–Trinajstić information content (AvgIpc) is 2.54. The van der Waals surface area contributed by atoms with Gasteiger partial charge in [-0.15, -0.1) is 0 Å². The first kappa shape index (κ1) is 18.5. The molecule has 0 heterocycles. The lowest BCUT2D eigenvalue weighted by molar-refractivity contribution is -0.116. The van der Waals surface area contributed by atoms with E-state index >= 15 is 0 Å². The van der Waals surface area contributed by atoms with E-state index in [2.05, 4.69) is 10.6 Å². The summed E-state index contributed by atoms with van der Waals surface area (Å²) >= 11 is 0. The molecule has 132 valence electrons. The van der Waals surface area contributed by atoms with Gasteiger partial charge in [-0.25, -0.2) is 0 Å². The molecule has 0 aliphatic rings. The number of aryl methyl sites for hydroxylation is 2. The predicted octanol–water partition coefficient (Wildman–Crippen LogP) is 3.98. The Bertz CT molecular complexity index is 785. The Labute approximate surface area is 148 Å². The van der Waals surface area contributed by atoms with Crippen LogP contribution in [0.1, 0.15) is 30.0 Å². The minimum Gasteiger partial charge on any atom is -0.493 e. The molecule has 2 N–H and O–H groups in total. The van der Waals surface area contributed by atoms with E-state index in [-0.39, 0.29) is 18.2 Å². The first-order valence-electron chi connectivity index (χ1n) is 8.24. The van der Waals surface area contributed by atoms with Gasteiger partial charge in [-0.3, -0.25) is 9.59 Å². The van der Waals surface area contributed by atoms with Crippen LogP contribution >= 0.6 is 0 Å². The molecule has 5 nitrogen and oxygen atoms in total. The van der Waals surface area contributed by atoms with Crippen molar-refractivity contribution >= 4 is 23.2 Å². The third kappa shape index (κ3) is 5.35. The van der Waals surface area contributed by atoms with Crippen LogP contribution in [0, 0.1) is 20.8 Å². The molecule has 2 amide bonds. The summed E-state index contributed by atoms with van der Waals surface area (Å²) < 4.78 is 5.64. The highest BCUT2D eigenvalue weighted by molar-refractivity contribution is 5.95. The van der Waals surface area contributed by atoms with Crippen LogP contribution in [-0.4, -0.2) is 18.4 Å². The maximum Gasteiger partial charge on any atom is 0.227 e. The highest BCUT2D eigenvalue weighted by Gasteiger charge is 2.09. The number of nitrogens with one attached hydrogen (secondary N) is 2. The fourth-order valence-corrected chi connectivity index (χ4v) is 2.37. The van der Waals surface area contributed by atoms with E-state index in [1.807, 2.05) is 45.0 Å². The van der Waals surface area contributed by atoms with Crippen molar-refractivity contribution < 1.29 is 14.3 Å². The van der Waals surface area contributed by atoms with Crippen LogP contribution in [0.25, 0.3) is 0 Å². The monoisotopic (exact) mass is 340 g/mol. The van der Waals surface area contributed by atoms with Gasteiger partial charge in [0.05, 0.1) is 13.0 Å². The van der Waals surface area contributed by atoms with Crippen LogP contribution in [0.4, 0.5) is 11.4 Å². The molecule has 0 atom stereocenters. The third-order valence-corrected chi connectivity index (χ3v) is 3.99. The van der Waals surface area contributed by atoms with Gasteiger partial charge in [0, 0.05) is 18.3 Å². The number of carbonyl (C=O) groups is 2. The van der Waals surface area contributed by atoms with Gasteiger partial charge in [-0.1, -0.05) is 12.1 Å². The van der Waals surface area contributed by atoms with Crippen LogP contribution in [0.2, 0.25) is 0 Å². The second-order valence-corrected chi connectivity index (χ2v) is 6.05. The Morgan fingerprint density at radius 2 is 1.64 bits per heavy atom. The molecule has 2 aromatic carbocycles. The fraction of sp³-hybridized carbons (Fsp3) is 0.300. The first-order chi connectivity index (χ1) is 11.9. The summed E-state index contributed by atoms with van der Waals surface area (Å²) in [5, 5.41) is 5.61. The number of hydrogen-bond acceptors (Lipinski definition) is 3. The van der Waals surface area contributed by atoms with E-state index in [1.54, 1.807) is 12.1 Å². The molecular weight excluding hydrogens is 316 g/mol. The van der Waals surface area contributed by atoms with E-state index in [4.69, 9.17) is 4.74 Å². The van der Waals surface area contributed by atoms with Crippen LogP contribution in [0.15, 0.2) is 36.4 Å². The van der Waals surface area contributed by atoms with Crippen LogP contribution in [-0.2, 0) is 9.59 Å². The van der Waals surface area contributed by atoms with E-state index in [0.29, 0.717) is 18.0 Å². The summed E-state index contributed by atoms with van der Waals surface area (Å²) in [6.45, 7) is 7.68. The molecule has 2 aromatic rings. The lowest BCUT2D eigenvalue weighted by atomic mass is 10.1. The van der Waals surface area contributed by atoms with Gasteiger partial charge < -0.3 is 15.4 Å². The first-order valence-corrected chi connectivity index (χ1v) is 8.24. The number of hydrogen-bond donors (Lipinski definition) is 2. The van der Waals surface area contributed by atoms with Gasteiger partial charge in [0.15, 0.2) is 0 Å². The van der Waals surface area contributed by atoms with Gasteiger partial charge in [0.2, 0.25) is 11.8 Å². The van der Waals surface area contributed by atoms with E-state index < -0.39 is 0 Å². The smallest absolute Gasteiger partial charge is 0.227 e. The topological polar surface area (TPSA) is 67.4 Å². The average molecular weight is 340 g/mol. The molecular formula is C20H24N2O3. The molecule has 25 heavy (non-hydrogen) atoms. The molecule has 0 fully saturated rings. The largest absolute Gasteiger partial charge is 0.493 e. The molecule has 0 spiro atoms. The predicted molar refractivity (Wildman–Crippen MR) is 100 cm³/mol. The van der Waals surface area contributed by atoms with Gasteiger partial charge >= 0.3 is 0 Å². The number of carbonyl (C=O) groups excluding carboxylic acids is 2. The highest BCUT2D eigenvalue weighted by atomic mass is 16.5. The SMILES string of the molecule is CC(=O)Nc1cccc(NC(=O)CCOc2ccc(C)c(C)c2)c1C. The Morgan fingerprint density at radius 3 is 2.28 bits per heavy atom. The summed E-state index contributed by atoms with van der Waals surface area (Å²) in [6.07, 6.45) is 0.247. The van der Waals surface area contributed by atoms with Crippen molar-refractivity contribution in [1.82, 2.24) is 0 Å². The van der Waals surface area contributed by atoms with Crippen molar-refractivity contribution in [3.05, 3.63) is 53.1 Å². The van der Waals surface area contributed by atoms with Crippen LogP contribution in [0.5, 0.6) is 5.75 Å². The Morgan fingerprint density at radius 1 is 0.960 bits per heavy atom. The second-order valence-electron chi connectivity index (χ2n) is 6.05. The molecule has 2 rings (SSSR count). The number of rotatable bonds is 6. The normalized spacial score (nSPS) is 10.2. The van der Waals surface area contributed by atoms with Gasteiger partial charge in [0.25, 0.3) is 0 Å². The summed E-state index contributed by atoms with van der Waals surface area (Å²) in [4.78, 5) is 23.3. The van der Waals surface area contributed by atoms with E-state index in [0.717, 1.165) is 16.9 Å². The molecule has 0 aliphatic heterocycles. The van der Waals surface area contributed by atoms with Crippen LogP contribution in [0.3, 0.4) is 0 Å².